The Labute approximate surface area is 137 Å². The van der Waals surface area contributed by atoms with Crippen LogP contribution < -0.4 is 0 Å². The van der Waals surface area contributed by atoms with Crippen LogP contribution in [0.25, 0.3) is 0 Å². The summed E-state index contributed by atoms with van der Waals surface area (Å²) in [5.74, 6) is -0.0909. The van der Waals surface area contributed by atoms with Crippen LogP contribution in [-0.2, 0) is 25.8 Å². The molecule has 6 nitrogen and oxygen atoms in total. The number of amides is 1. The molecule has 7 heteroatoms. The van der Waals surface area contributed by atoms with Crippen molar-refractivity contribution < 1.29 is 23.1 Å². The molecule has 0 spiro atoms. The second-order valence-electron chi connectivity index (χ2n) is 5.91. The molecule has 1 amide bonds. The summed E-state index contributed by atoms with van der Waals surface area (Å²) in [6.07, 6.45) is 0.179. The van der Waals surface area contributed by atoms with E-state index in [4.69, 9.17) is 4.74 Å². The third kappa shape index (κ3) is 4.10. The van der Waals surface area contributed by atoms with Gasteiger partial charge in [0.2, 0.25) is 5.91 Å². The highest BCUT2D eigenvalue weighted by molar-refractivity contribution is 7.92. The van der Waals surface area contributed by atoms with E-state index in [0.717, 1.165) is 5.56 Å². The molecule has 1 aromatic rings. The van der Waals surface area contributed by atoms with Crippen molar-refractivity contribution in [2.75, 3.05) is 26.4 Å². The van der Waals surface area contributed by atoms with Crippen molar-refractivity contribution in [3.05, 3.63) is 29.8 Å². The Morgan fingerprint density at radius 1 is 1.35 bits per heavy atom. The number of hydrogen-bond donors (Lipinski definition) is 1. The van der Waals surface area contributed by atoms with E-state index in [9.17, 15) is 18.3 Å². The van der Waals surface area contributed by atoms with Gasteiger partial charge in [0.25, 0.3) is 0 Å². The minimum Gasteiger partial charge on any atom is -0.394 e. The first-order valence-corrected chi connectivity index (χ1v) is 9.21. The lowest BCUT2D eigenvalue weighted by molar-refractivity contribution is -0.140. The van der Waals surface area contributed by atoms with Gasteiger partial charge in [0, 0.05) is 6.54 Å². The van der Waals surface area contributed by atoms with Gasteiger partial charge in [-0.1, -0.05) is 12.1 Å². The van der Waals surface area contributed by atoms with Crippen LogP contribution in [-0.4, -0.2) is 62.0 Å². The van der Waals surface area contributed by atoms with Gasteiger partial charge in [-0.2, -0.15) is 0 Å². The van der Waals surface area contributed by atoms with Crippen LogP contribution >= 0.6 is 0 Å². The summed E-state index contributed by atoms with van der Waals surface area (Å²) in [7, 11) is -3.30. The zero-order chi connectivity index (χ0) is 17.0. The fourth-order valence-electron chi connectivity index (χ4n) is 2.48. The number of rotatable bonds is 5. The molecule has 0 saturated carbocycles. The maximum absolute atomic E-state index is 12.4. The first-order valence-electron chi connectivity index (χ1n) is 7.67. The van der Waals surface area contributed by atoms with Gasteiger partial charge >= 0.3 is 0 Å². The third-order valence-electron chi connectivity index (χ3n) is 3.99. The molecule has 1 unspecified atom stereocenters. The summed E-state index contributed by atoms with van der Waals surface area (Å²) in [6, 6.07) is 6.11. The van der Waals surface area contributed by atoms with Crippen molar-refractivity contribution in [1.29, 1.82) is 0 Å². The van der Waals surface area contributed by atoms with Gasteiger partial charge in [-0.3, -0.25) is 4.79 Å². The summed E-state index contributed by atoms with van der Waals surface area (Å²) in [4.78, 5) is 14.3. The van der Waals surface area contributed by atoms with Crippen molar-refractivity contribution >= 4 is 15.7 Å². The molecule has 0 aromatic heterocycles. The van der Waals surface area contributed by atoms with Gasteiger partial charge in [-0.15, -0.1) is 0 Å². The van der Waals surface area contributed by atoms with E-state index < -0.39 is 15.1 Å². The molecule has 1 atom stereocenters. The summed E-state index contributed by atoms with van der Waals surface area (Å²) in [5, 5.41) is 8.84. The predicted octanol–water partition coefficient (Wildman–Crippen LogP) is 0.631. The van der Waals surface area contributed by atoms with Gasteiger partial charge < -0.3 is 14.7 Å². The SMILES string of the molecule is CC(C)S(=O)(=O)c1ccc(CC(=O)N2CCOCC2CO)cc1. The fraction of sp³-hybridized carbons (Fsp3) is 0.562. The molecule has 0 aliphatic carbocycles. The molecular weight excluding hydrogens is 318 g/mol. The Balaban J connectivity index is 2.07. The number of nitrogens with zero attached hydrogens (tertiary/aromatic N) is 1. The Hall–Kier alpha value is -1.44. The maximum atomic E-state index is 12.4. The van der Waals surface area contributed by atoms with Gasteiger partial charge in [0.05, 0.1) is 42.4 Å². The van der Waals surface area contributed by atoms with Crippen molar-refractivity contribution in [2.24, 2.45) is 0 Å². The van der Waals surface area contributed by atoms with Crippen LogP contribution in [0, 0.1) is 0 Å². The Bertz CT molecular complexity index is 639. The molecule has 0 bridgehead atoms. The number of carbonyl (C=O) groups is 1. The molecule has 2 rings (SSSR count). The zero-order valence-electron chi connectivity index (χ0n) is 13.4. The minimum atomic E-state index is -3.30. The smallest absolute Gasteiger partial charge is 0.227 e. The molecule has 0 radical (unpaired) electrons. The molecular formula is C16H23NO5S. The number of aliphatic hydroxyl groups excluding tert-OH is 1. The Morgan fingerprint density at radius 3 is 2.57 bits per heavy atom. The molecule has 1 N–H and O–H groups in total. The van der Waals surface area contributed by atoms with Crippen LogP contribution in [0.15, 0.2) is 29.2 Å². The lowest BCUT2D eigenvalue weighted by Gasteiger charge is -2.34. The first kappa shape index (κ1) is 17.9. The number of aliphatic hydroxyl groups is 1. The predicted molar refractivity (Wildman–Crippen MR) is 85.9 cm³/mol. The highest BCUT2D eigenvalue weighted by atomic mass is 32.2. The number of hydrogen-bond acceptors (Lipinski definition) is 5. The average Bonchev–Trinajstić information content (AvgIpc) is 2.55. The van der Waals surface area contributed by atoms with E-state index in [0.29, 0.717) is 19.8 Å². The van der Waals surface area contributed by atoms with Crippen molar-refractivity contribution in [3.63, 3.8) is 0 Å². The fourth-order valence-corrected chi connectivity index (χ4v) is 3.54. The quantitative estimate of drug-likeness (QED) is 0.849. The van der Waals surface area contributed by atoms with Gasteiger partial charge in [-0.05, 0) is 31.5 Å². The van der Waals surface area contributed by atoms with Crippen LogP contribution in [0.4, 0.5) is 0 Å². The van der Waals surface area contributed by atoms with Crippen LogP contribution in [0.3, 0.4) is 0 Å². The topological polar surface area (TPSA) is 83.9 Å². The number of ether oxygens (including phenoxy) is 1. The number of sulfone groups is 1. The number of carbonyl (C=O) groups excluding carboxylic acids is 1. The Morgan fingerprint density at radius 2 is 2.00 bits per heavy atom. The molecule has 1 saturated heterocycles. The monoisotopic (exact) mass is 341 g/mol. The van der Waals surface area contributed by atoms with E-state index in [1.54, 1.807) is 43.0 Å². The standard InChI is InChI=1S/C16H23NO5S/c1-12(2)23(20,21)15-5-3-13(4-6-15)9-16(19)17-7-8-22-11-14(17)10-18/h3-6,12,14,18H,7-11H2,1-2H3. The van der Waals surface area contributed by atoms with E-state index in [1.807, 2.05) is 0 Å². The summed E-state index contributed by atoms with van der Waals surface area (Å²) in [6.45, 7) is 4.42. The van der Waals surface area contributed by atoms with Gasteiger partial charge in [0.1, 0.15) is 0 Å². The average molecular weight is 341 g/mol. The van der Waals surface area contributed by atoms with Crippen LogP contribution in [0.2, 0.25) is 0 Å². The van der Waals surface area contributed by atoms with Crippen molar-refractivity contribution in [1.82, 2.24) is 4.90 Å². The third-order valence-corrected chi connectivity index (χ3v) is 6.16. The molecule has 23 heavy (non-hydrogen) atoms. The largest absolute Gasteiger partial charge is 0.394 e. The van der Waals surface area contributed by atoms with Crippen molar-refractivity contribution in [2.45, 2.75) is 36.5 Å². The highest BCUT2D eigenvalue weighted by Gasteiger charge is 2.26. The number of morpholine rings is 1. The van der Waals surface area contributed by atoms with Crippen molar-refractivity contribution in [3.8, 4) is 0 Å². The summed E-state index contributed by atoms with van der Waals surface area (Å²) in [5.41, 5.74) is 0.751. The molecule has 128 valence electrons. The summed E-state index contributed by atoms with van der Waals surface area (Å²) >= 11 is 0. The highest BCUT2D eigenvalue weighted by Crippen LogP contribution is 2.17. The van der Waals surface area contributed by atoms with Gasteiger partial charge in [-0.25, -0.2) is 8.42 Å². The van der Waals surface area contributed by atoms with E-state index in [-0.39, 0.29) is 29.9 Å². The minimum absolute atomic E-state index is 0.0909. The maximum Gasteiger partial charge on any atom is 0.227 e. The van der Waals surface area contributed by atoms with Crippen LogP contribution in [0.5, 0.6) is 0 Å². The zero-order valence-corrected chi connectivity index (χ0v) is 14.3. The van der Waals surface area contributed by atoms with Crippen LogP contribution in [0.1, 0.15) is 19.4 Å². The lowest BCUT2D eigenvalue weighted by atomic mass is 10.1. The number of benzene rings is 1. The van der Waals surface area contributed by atoms with E-state index >= 15 is 0 Å². The normalized spacial score (nSPS) is 19.1. The second kappa shape index (κ2) is 7.42. The van der Waals surface area contributed by atoms with E-state index in [2.05, 4.69) is 0 Å². The molecule has 1 aliphatic rings. The van der Waals surface area contributed by atoms with Gasteiger partial charge in [0.15, 0.2) is 9.84 Å². The molecule has 1 heterocycles. The molecule has 1 aliphatic heterocycles. The summed E-state index contributed by atoms with van der Waals surface area (Å²) < 4.78 is 29.4. The Kier molecular flexibility index (Phi) is 5.78. The first-order chi connectivity index (χ1) is 10.9. The lowest BCUT2D eigenvalue weighted by Crippen LogP contribution is -2.51. The molecule has 1 fully saturated rings. The van der Waals surface area contributed by atoms with E-state index in [1.165, 1.54) is 0 Å². The second-order valence-corrected chi connectivity index (χ2v) is 8.42. The molecule has 1 aromatic carbocycles.